The maximum atomic E-state index is 8.25. The molecule has 6 heteroatoms. The van der Waals surface area contributed by atoms with Gasteiger partial charge in [-0.2, -0.15) is 0 Å². The number of hydrogen-bond acceptors (Lipinski definition) is 4. The second-order valence-corrected chi connectivity index (χ2v) is 0.224. The summed E-state index contributed by atoms with van der Waals surface area (Å²) in [5.74, 6) is 0. The van der Waals surface area contributed by atoms with Crippen molar-refractivity contribution in [2.45, 2.75) is 0 Å². The van der Waals surface area contributed by atoms with Crippen molar-refractivity contribution in [3.05, 3.63) is 15.3 Å². The molecular weight excluding hydrogens is 169 g/mol. The normalized spacial score (nSPS) is 4.00. The summed E-state index contributed by atoms with van der Waals surface area (Å²) >= 11 is 0. The summed E-state index contributed by atoms with van der Waals surface area (Å²) in [4.78, 5) is 8.25. The van der Waals surface area contributed by atoms with Gasteiger partial charge in [-0.15, -0.1) is 0 Å². The third-order valence-corrected chi connectivity index (χ3v) is 0. The SMILES string of the molecule is O=[N+]([O-])[O-].[OH-].[Zr+2]. The first-order chi connectivity index (χ1) is 1.73. The van der Waals surface area contributed by atoms with Crippen LogP contribution in [0.15, 0.2) is 0 Å². The molecule has 0 unspecified atom stereocenters. The average molecular weight is 170 g/mol. The van der Waals surface area contributed by atoms with E-state index < -0.39 is 5.09 Å². The van der Waals surface area contributed by atoms with E-state index in [0.717, 1.165) is 0 Å². The Bertz CT molecular complexity index is 30.5. The van der Waals surface area contributed by atoms with Crippen LogP contribution in [0.25, 0.3) is 0 Å². The molecule has 5 nitrogen and oxygen atoms in total. The zero-order valence-corrected chi connectivity index (χ0v) is 5.08. The Morgan fingerprint density at radius 2 is 1.33 bits per heavy atom. The molecule has 34 valence electrons. The molecule has 0 aromatic heterocycles. The van der Waals surface area contributed by atoms with E-state index in [1.807, 2.05) is 0 Å². The molecule has 0 saturated carbocycles. The third kappa shape index (κ3) is 20100. The molecule has 0 bridgehead atoms. The average Bonchev–Trinajstić information content (AvgIpc) is 0.811. The Labute approximate surface area is 52.5 Å². The van der Waals surface area contributed by atoms with Crippen LogP contribution in [0, 0.1) is 15.3 Å². The number of hydrogen-bond donors (Lipinski definition) is 0. The Morgan fingerprint density at radius 1 is 1.33 bits per heavy atom. The molecule has 0 radical (unpaired) electrons. The first-order valence-electron chi connectivity index (χ1n) is 0.548. The maximum Gasteiger partial charge on any atom is 2.00 e. The van der Waals surface area contributed by atoms with Gasteiger partial charge < -0.3 is 20.8 Å². The van der Waals surface area contributed by atoms with Crippen molar-refractivity contribution >= 4 is 0 Å². The molecule has 6 heavy (non-hydrogen) atoms. The molecule has 0 saturated heterocycles. The van der Waals surface area contributed by atoms with Crippen LogP contribution in [0.4, 0.5) is 0 Å². The largest absolute Gasteiger partial charge is 2.00 e. The van der Waals surface area contributed by atoms with Gasteiger partial charge in [-0.25, -0.2) is 0 Å². The van der Waals surface area contributed by atoms with Gasteiger partial charge in [0.15, 0.2) is 0 Å². The van der Waals surface area contributed by atoms with Crippen molar-refractivity contribution in [1.29, 1.82) is 0 Å². The summed E-state index contributed by atoms with van der Waals surface area (Å²) in [7, 11) is 0. The molecule has 0 rings (SSSR count). The molecule has 0 aromatic rings. The topological polar surface area (TPSA) is 96.2 Å². The molecule has 0 aliphatic carbocycles. The molecule has 0 aromatic carbocycles. The third-order valence-electron chi connectivity index (χ3n) is 0. The second kappa shape index (κ2) is 8.90. The Balaban J connectivity index is -0.0000000450. The summed E-state index contributed by atoms with van der Waals surface area (Å²) in [6, 6.07) is 0. The minimum Gasteiger partial charge on any atom is -0.870 e. The molecule has 0 amide bonds. The molecular formula is HNO4Zr. The number of rotatable bonds is 0. The summed E-state index contributed by atoms with van der Waals surface area (Å²) in [6.45, 7) is 0. The van der Waals surface area contributed by atoms with Crippen LogP contribution in [0.1, 0.15) is 0 Å². The van der Waals surface area contributed by atoms with Crippen molar-refractivity contribution in [2.24, 2.45) is 0 Å². The maximum absolute atomic E-state index is 8.25. The van der Waals surface area contributed by atoms with Crippen LogP contribution in [0.2, 0.25) is 0 Å². The molecule has 0 heterocycles. The van der Waals surface area contributed by atoms with E-state index in [4.69, 9.17) is 15.3 Å². The predicted molar refractivity (Wildman–Crippen MR) is 12.3 cm³/mol. The van der Waals surface area contributed by atoms with E-state index in [1.54, 1.807) is 0 Å². The first-order valence-corrected chi connectivity index (χ1v) is 0.548. The van der Waals surface area contributed by atoms with E-state index in [0.29, 0.717) is 0 Å². The Hall–Kier alpha value is 0.0431. The summed E-state index contributed by atoms with van der Waals surface area (Å²) in [5.41, 5.74) is 0. The number of nitrogens with zero attached hydrogens (tertiary/aromatic N) is 1. The monoisotopic (exact) mass is 169 g/mol. The van der Waals surface area contributed by atoms with Gasteiger partial charge in [0.1, 0.15) is 0 Å². The summed E-state index contributed by atoms with van der Waals surface area (Å²) in [5, 5.41) is 14.8. The van der Waals surface area contributed by atoms with Crippen LogP contribution in [-0.2, 0) is 26.2 Å². The molecule has 0 fully saturated rings. The minimum atomic E-state index is -1.75. The van der Waals surface area contributed by atoms with Crippen molar-refractivity contribution < 1.29 is 36.8 Å². The Morgan fingerprint density at radius 3 is 1.33 bits per heavy atom. The van der Waals surface area contributed by atoms with Crippen molar-refractivity contribution in [3.8, 4) is 0 Å². The van der Waals surface area contributed by atoms with Crippen LogP contribution < -0.4 is 0 Å². The van der Waals surface area contributed by atoms with E-state index in [1.165, 1.54) is 0 Å². The van der Waals surface area contributed by atoms with Crippen molar-refractivity contribution in [2.75, 3.05) is 0 Å². The zero-order chi connectivity index (χ0) is 3.58. The van der Waals surface area contributed by atoms with Gasteiger partial charge in [0.25, 0.3) is 0 Å². The summed E-state index contributed by atoms with van der Waals surface area (Å²) in [6.07, 6.45) is 0. The van der Waals surface area contributed by atoms with E-state index in [-0.39, 0.29) is 31.7 Å². The van der Waals surface area contributed by atoms with Crippen LogP contribution in [0.3, 0.4) is 0 Å². The van der Waals surface area contributed by atoms with Crippen LogP contribution in [0.5, 0.6) is 0 Å². The van der Waals surface area contributed by atoms with Crippen LogP contribution >= 0.6 is 0 Å². The van der Waals surface area contributed by atoms with Gasteiger partial charge in [0.2, 0.25) is 0 Å². The van der Waals surface area contributed by atoms with Crippen LogP contribution in [-0.4, -0.2) is 10.6 Å². The van der Waals surface area contributed by atoms with Crippen molar-refractivity contribution in [3.63, 3.8) is 0 Å². The zero-order valence-electron chi connectivity index (χ0n) is 2.62. The molecule has 1 N–H and O–H groups in total. The van der Waals surface area contributed by atoms with Gasteiger partial charge in [0, 0.05) is 0 Å². The van der Waals surface area contributed by atoms with Crippen molar-refractivity contribution in [1.82, 2.24) is 0 Å². The van der Waals surface area contributed by atoms with E-state index >= 15 is 0 Å². The fraction of sp³-hybridized carbons (Fsp3) is 0. The molecule has 0 aliphatic heterocycles. The Kier molecular flexibility index (Phi) is 24.6. The van der Waals surface area contributed by atoms with Gasteiger partial charge in [-0.05, 0) is 0 Å². The standard InChI is InChI=1S/NO3.H2O.Zr/c2-1(3)4;;/h;1H2;/q-1;;+2/p-1. The smallest absolute Gasteiger partial charge is 0.870 e. The second-order valence-electron chi connectivity index (χ2n) is 0.224. The van der Waals surface area contributed by atoms with E-state index in [9.17, 15) is 0 Å². The molecule has 0 spiro atoms. The predicted octanol–water partition coefficient (Wildman–Crippen LogP) is -0.418. The fourth-order valence-electron chi connectivity index (χ4n) is 0. The van der Waals surface area contributed by atoms with Gasteiger partial charge in [-0.1, -0.05) is 0 Å². The fourth-order valence-corrected chi connectivity index (χ4v) is 0. The minimum absolute atomic E-state index is 0. The van der Waals surface area contributed by atoms with Gasteiger partial charge in [0.05, 0.1) is 5.09 Å². The summed E-state index contributed by atoms with van der Waals surface area (Å²) < 4.78 is 0. The first kappa shape index (κ1) is 16.6. The molecule has 0 aliphatic rings. The quantitative estimate of drug-likeness (QED) is 0.364. The molecule has 0 atom stereocenters. The van der Waals surface area contributed by atoms with Gasteiger partial charge >= 0.3 is 26.2 Å². The van der Waals surface area contributed by atoms with Gasteiger partial charge in [-0.3, -0.25) is 0 Å². The van der Waals surface area contributed by atoms with E-state index in [2.05, 4.69) is 0 Å².